The van der Waals surface area contributed by atoms with Crippen molar-refractivity contribution < 1.29 is 14.3 Å². The lowest BCUT2D eigenvalue weighted by Crippen LogP contribution is -2.65. The molecular weight excluding hydrogens is 372 g/mol. The third-order valence-electron chi connectivity index (χ3n) is 4.79. The maximum absolute atomic E-state index is 11.8. The summed E-state index contributed by atoms with van der Waals surface area (Å²) < 4.78 is 11.2. The SMILES string of the molecule is COC(=O)c1ccc2c(c1)C1CC(C)(O2)N(c2ccccc2Cl)C(=S)N1. The quantitative estimate of drug-likeness (QED) is 0.618. The third-order valence-corrected chi connectivity index (χ3v) is 5.41. The van der Waals surface area contributed by atoms with E-state index in [4.69, 9.17) is 33.3 Å². The first kappa shape index (κ1) is 17.1. The number of thiocarbonyl (C=S) groups is 1. The number of nitrogens with one attached hydrogen (secondary N) is 1. The Bertz CT molecular complexity index is 919. The minimum absolute atomic E-state index is 0.0559. The predicted molar refractivity (Wildman–Crippen MR) is 104 cm³/mol. The van der Waals surface area contributed by atoms with Gasteiger partial charge in [0.15, 0.2) is 10.8 Å². The van der Waals surface area contributed by atoms with Gasteiger partial charge in [0.2, 0.25) is 0 Å². The number of carbonyl (C=O) groups is 1. The molecule has 0 aliphatic carbocycles. The fourth-order valence-electron chi connectivity index (χ4n) is 3.62. The summed E-state index contributed by atoms with van der Waals surface area (Å²) in [5, 5.41) is 4.49. The summed E-state index contributed by atoms with van der Waals surface area (Å²) in [7, 11) is 1.37. The number of anilines is 1. The lowest BCUT2D eigenvalue weighted by atomic mass is 9.89. The fourth-order valence-corrected chi connectivity index (χ4v) is 4.27. The van der Waals surface area contributed by atoms with Crippen LogP contribution in [0.15, 0.2) is 42.5 Å². The molecule has 2 unspecified atom stereocenters. The molecule has 26 heavy (non-hydrogen) atoms. The summed E-state index contributed by atoms with van der Waals surface area (Å²) in [4.78, 5) is 13.8. The highest BCUT2D eigenvalue weighted by molar-refractivity contribution is 7.80. The molecule has 2 atom stereocenters. The molecule has 2 aliphatic heterocycles. The molecule has 2 aromatic carbocycles. The number of esters is 1. The van der Waals surface area contributed by atoms with E-state index < -0.39 is 5.72 Å². The first-order chi connectivity index (χ1) is 12.4. The molecule has 1 N–H and O–H groups in total. The topological polar surface area (TPSA) is 50.8 Å². The van der Waals surface area contributed by atoms with Crippen LogP contribution in [0.2, 0.25) is 5.02 Å². The second kappa shape index (κ2) is 6.14. The monoisotopic (exact) mass is 388 g/mol. The minimum Gasteiger partial charge on any atom is -0.467 e. The van der Waals surface area contributed by atoms with Crippen molar-refractivity contribution in [3.8, 4) is 5.75 Å². The smallest absolute Gasteiger partial charge is 0.337 e. The van der Waals surface area contributed by atoms with Gasteiger partial charge < -0.3 is 14.8 Å². The summed E-state index contributed by atoms with van der Waals surface area (Å²) >= 11 is 12.0. The number of halogens is 1. The summed E-state index contributed by atoms with van der Waals surface area (Å²) in [6.45, 7) is 1.99. The van der Waals surface area contributed by atoms with Crippen LogP contribution in [0.4, 0.5) is 5.69 Å². The van der Waals surface area contributed by atoms with Crippen LogP contribution in [0, 0.1) is 0 Å². The second-order valence-corrected chi connectivity index (χ2v) is 7.31. The molecule has 134 valence electrons. The largest absolute Gasteiger partial charge is 0.467 e. The number of nitrogens with zero attached hydrogens (tertiary/aromatic N) is 1. The molecule has 5 nitrogen and oxygen atoms in total. The van der Waals surface area contributed by atoms with Crippen LogP contribution >= 0.6 is 23.8 Å². The van der Waals surface area contributed by atoms with Crippen LogP contribution < -0.4 is 15.0 Å². The molecule has 0 aromatic heterocycles. The van der Waals surface area contributed by atoms with E-state index in [0.29, 0.717) is 27.9 Å². The number of methoxy groups -OCH3 is 1. The van der Waals surface area contributed by atoms with E-state index in [1.807, 2.05) is 36.1 Å². The highest BCUT2D eigenvalue weighted by Crippen LogP contribution is 2.46. The van der Waals surface area contributed by atoms with E-state index in [0.717, 1.165) is 11.3 Å². The van der Waals surface area contributed by atoms with Crippen molar-refractivity contribution in [2.75, 3.05) is 12.0 Å². The third kappa shape index (κ3) is 2.61. The van der Waals surface area contributed by atoms with Gasteiger partial charge in [-0.1, -0.05) is 23.7 Å². The van der Waals surface area contributed by atoms with Gasteiger partial charge in [-0.2, -0.15) is 0 Å². The molecule has 0 amide bonds. The van der Waals surface area contributed by atoms with Crippen molar-refractivity contribution in [1.82, 2.24) is 5.32 Å². The standard InChI is InChI=1S/C19H17ClN2O3S/c1-19-10-14(12-9-11(17(23)24-2)7-8-16(12)25-19)21-18(26)22(19)15-6-4-3-5-13(15)20/h3-9,14H,10H2,1-2H3,(H,21,26). The number of hydrogen-bond acceptors (Lipinski definition) is 4. The van der Waals surface area contributed by atoms with Gasteiger partial charge in [0.1, 0.15) is 5.75 Å². The van der Waals surface area contributed by atoms with Crippen LogP contribution in [0.1, 0.15) is 35.3 Å². The molecule has 0 spiro atoms. The Balaban J connectivity index is 1.78. The number of para-hydroxylation sites is 1. The van der Waals surface area contributed by atoms with Crippen molar-refractivity contribution >= 4 is 40.6 Å². The van der Waals surface area contributed by atoms with E-state index in [9.17, 15) is 4.79 Å². The van der Waals surface area contributed by atoms with Crippen LogP contribution in [-0.4, -0.2) is 23.9 Å². The number of benzene rings is 2. The summed E-state index contributed by atoms with van der Waals surface area (Å²) in [5.41, 5.74) is 1.49. The van der Waals surface area contributed by atoms with E-state index in [2.05, 4.69) is 5.32 Å². The van der Waals surface area contributed by atoms with Gasteiger partial charge in [0.05, 0.1) is 29.4 Å². The normalized spacial score (nSPS) is 23.6. The predicted octanol–water partition coefficient (Wildman–Crippen LogP) is 4.06. The number of rotatable bonds is 2. The molecule has 2 aromatic rings. The van der Waals surface area contributed by atoms with Crippen molar-refractivity contribution in [2.24, 2.45) is 0 Å². The summed E-state index contributed by atoms with van der Waals surface area (Å²) in [6, 6.07) is 12.8. The number of hydrogen-bond donors (Lipinski definition) is 1. The lowest BCUT2D eigenvalue weighted by Gasteiger charge is -2.52. The Morgan fingerprint density at radius 1 is 1.38 bits per heavy atom. The highest BCUT2D eigenvalue weighted by atomic mass is 35.5. The highest BCUT2D eigenvalue weighted by Gasteiger charge is 2.48. The Labute approximate surface area is 161 Å². The Hall–Kier alpha value is -2.31. The van der Waals surface area contributed by atoms with E-state index in [1.165, 1.54) is 7.11 Å². The Morgan fingerprint density at radius 3 is 2.88 bits per heavy atom. The molecule has 1 saturated heterocycles. The van der Waals surface area contributed by atoms with Gasteiger partial charge in [0, 0.05) is 12.0 Å². The van der Waals surface area contributed by atoms with Gasteiger partial charge in [-0.05, 0) is 49.5 Å². The van der Waals surface area contributed by atoms with E-state index >= 15 is 0 Å². The molecule has 1 fully saturated rings. The zero-order valence-electron chi connectivity index (χ0n) is 14.3. The number of carbonyl (C=O) groups excluding carboxylic acids is 1. The Kier molecular flexibility index (Phi) is 4.04. The van der Waals surface area contributed by atoms with Crippen molar-refractivity contribution in [2.45, 2.75) is 25.1 Å². The van der Waals surface area contributed by atoms with Crippen molar-refractivity contribution in [3.05, 3.63) is 58.6 Å². The van der Waals surface area contributed by atoms with E-state index in [1.54, 1.807) is 18.2 Å². The molecule has 2 bridgehead atoms. The molecule has 2 aliphatic rings. The van der Waals surface area contributed by atoms with Gasteiger partial charge in [-0.3, -0.25) is 4.90 Å². The van der Waals surface area contributed by atoms with Gasteiger partial charge in [0.25, 0.3) is 0 Å². The first-order valence-corrected chi connectivity index (χ1v) is 8.98. The average molecular weight is 389 g/mol. The maximum atomic E-state index is 11.8. The first-order valence-electron chi connectivity index (χ1n) is 8.19. The fraction of sp³-hybridized carbons (Fsp3) is 0.263. The lowest BCUT2D eigenvalue weighted by molar-refractivity contribution is 0.0494. The molecule has 0 radical (unpaired) electrons. The van der Waals surface area contributed by atoms with Gasteiger partial charge in [-0.15, -0.1) is 0 Å². The molecule has 0 saturated carbocycles. The van der Waals surface area contributed by atoms with Crippen LogP contribution in [0.25, 0.3) is 0 Å². The Morgan fingerprint density at radius 2 is 2.15 bits per heavy atom. The number of fused-ring (bicyclic) bond motifs is 4. The van der Waals surface area contributed by atoms with Crippen molar-refractivity contribution in [1.29, 1.82) is 0 Å². The number of ether oxygens (including phenoxy) is 2. The van der Waals surface area contributed by atoms with Gasteiger partial charge >= 0.3 is 5.97 Å². The van der Waals surface area contributed by atoms with E-state index in [-0.39, 0.29) is 12.0 Å². The molecule has 2 heterocycles. The zero-order valence-corrected chi connectivity index (χ0v) is 15.9. The molecular formula is C19H17ClN2O3S. The average Bonchev–Trinajstić information content (AvgIpc) is 2.61. The van der Waals surface area contributed by atoms with Crippen LogP contribution in [0.5, 0.6) is 5.75 Å². The summed E-state index contributed by atoms with van der Waals surface area (Å²) in [5.74, 6) is 0.334. The second-order valence-electron chi connectivity index (χ2n) is 6.51. The van der Waals surface area contributed by atoms with Crippen LogP contribution in [0.3, 0.4) is 0 Å². The minimum atomic E-state index is -0.683. The zero-order chi connectivity index (χ0) is 18.5. The maximum Gasteiger partial charge on any atom is 0.337 e. The van der Waals surface area contributed by atoms with Crippen molar-refractivity contribution in [3.63, 3.8) is 0 Å². The molecule has 7 heteroatoms. The van der Waals surface area contributed by atoms with Gasteiger partial charge in [-0.25, -0.2) is 4.79 Å². The van der Waals surface area contributed by atoms with Crippen LogP contribution in [-0.2, 0) is 4.74 Å². The molecule has 4 rings (SSSR count). The summed E-state index contributed by atoms with van der Waals surface area (Å²) in [6.07, 6.45) is 0.649.